The number of nitrogens with one attached hydrogen (secondary N) is 1. The lowest BCUT2D eigenvalue weighted by Gasteiger charge is -2.20. The monoisotopic (exact) mass is 304 g/mol. The smallest absolute Gasteiger partial charge is 0.381 e. The molecule has 1 aromatic rings. The molecule has 1 aliphatic heterocycles. The van der Waals surface area contributed by atoms with Crippen molar-refractivity contribution in [1.82, 2.24) is 4.90 Å². The van der Waals surface area contributed by atoms with Gasteiger partial charge in [0.25, 0.3) is 0 Å². The number of thioether (sulfide) groups is 1. The Bertz CT molecular complexity index is 437. The van der Waals surface area contributed by atoms with Crippen molar-refractivity contribution in [3.8, 4) is 0 Å². The molecule has 1 heterocycles. The van der Waals surface area contributed by atoms with E-state index in [9.17, 15) is 13.2 Å². The first-order valence-electron chi connectivity index (χ1n) is 6.74. The summed E-state index contributed by atoms with van der Waals surface area (Å²) in [5, 5.41) is 3.29. The predicted octanol–water partition coefficient (Wildman–Crippen LogP) is 4.19. The van der Waals surface area contributed by atoms with Crippen molar-refractivity contribution < 1.29 is 13.2 Å². The standard InChI is InChI=1S/C14H19F3N2S/c1-19-9-4-5-11(8-10-19)18-12-6-2-3-7-13(12)20-14(15,16)17/h2-3,6-7,11,18H,4-5,8-10H2,1H3. The number of anilines is 1. The van der Waals surface area contributed by atoms with Crippen LogP contribution in [-0.2, 0) is 0 Å². The van der Waals surface area contributed by atoms with E-state index in [2.05, 4.69) is 17.3 Å². The molecule has 2 rings (SSSR count). The van der Waals surface area contributed by atoms with Gasteiger partial charge in [0.05, 0.1) is 0 Å². The number of hydrogen-bond acceptors (Lipinski definition) is 3. The van der Waals surface area contributed by atoms with Gasteiger partial charge < -0.3 is 10.2 Å². The molecule has 0 bridgehead atoms. The minimum Gasteiger partial charge on any atom is -0.381 e. The van der Waals surface area contributed by atoms with Gasteiger partial charge in [0.1, 0.15) is 0 Å². The first kappa shape index (κ1) is 15.5. The molecule has 1 N–H and O–H groups in total. The van der Waals surface area contributed by atoms with Gasteiger partial charge in [0.15, 0.2) is 0 Å². The number of benzene rings is 1. The van der Waals surface area contributed by atoms with E-state index in [-0.39, 0.29) is 22.7 Å². The average Bonchev–Trinajstić information content (AvgIpc) is 2.55. The lowest BCUT2D eigenvalue weighted by atomic mass is 10.1. The normalized spacial score (nSPS) is 21.5. The maximum absolute atomic E-state index is 12.5. The molecule has 0 saturated carbocycles. The number of hydrogen-bond donors (Lipinski definition) is 1. The molecule has 0 amide bonds. The second-order valence-corrected chi connectivity index (χ2v) is 6.23. The van der Waals surface area contributed by atoms with Crippen LogP contribution >= 0.6 is 11.8 Å². The highest BCUT2D eigenvalue weighted by Gasteiger charge is 2.30. The van der Waals surface area contributed by atoms with Crippen LogP contribution in [0.4, 0.5) is 18.9 Å². The van der Waals surface area contributed by atoms with Gasteiger partial charge >= 0.3 is 5.51 Å². The molecule has 1 fully saturated rings. The quantitative estimate of drug-likeness (QED) is 0.843. The molecule has 20 heavy (non-hydrogen) atoms. The molecule has 1 aliphatic rings. The molecule has 0 spiro atoms. The number of para-hydroxylation sites is 1. The van der Waals surface area contributed by atoms with Crippen LogP contribution in [0.3, 0.4) is 0 Å². The molecular weight excluding hydrogens is 285 g/mol. The molecule has 1 unspecified atom stereocenters. The number of likely N-dealkylation sites (tertiary alicyclic amines) is 1. The number of halogens is 3. The number of alkyl halides is 3. The highest BCUT2D eigenvalue weighted by atomic mass is 32.2. The average molecular weight is 304 g/mol. The van der Waals surface area contributed by atoms with E-state index < -0.39 is 5.51 Å². The molecular formula is C14H19F3N2S. The molecule has 1 aromatic carbocycles. The lowest BCUT2D eigenvalue weighted by Crippen LogP contribution is -2.23. The van der Waals surface area contributed by atoms with Crippen LogP contribution in [0, 0.1) is 0 Å². The Morgan fingerprint density at radius 2 is 1.95 bits per heavy atom. The van der Waals surface area contributed by atoms with E-state index in [1.165, 1.54) is 6.07 Å². The topological polar surface area (TPSA) is 15.3 Å². The van der Waals surface area contributed by atoms with E-state index in [1.807, 2.05) is 0 Å². The first-order chi connectivity index (χ1) is 9.44. The Morgan fingerprint density at radius 3 is 2.70 bits per heavy atom. The summed E-state index contributed by atoms with van der Waals surface area (Å²) in [6.07, 6.45) is 3.03. The summed E-state index contributed by atoms with van der Waals surface area (Å²) in [4.78, 5) is 2.51. The van der Waals surface area contributed by atoms with Gasteiger partial charge in [-0.25, -0.2) is 0 Å². The van der Waals surface area contributed by atoms with Crippen molar-refractivity contribution in [3.05, 3.63) is 24.3 Å². The highest BCUT2D eigenvalue weighted by Crippen LogP contribution is 2.40. The summed E-state index contributed by atoms with van der Waals surface area (Å²) in [5.74, 6) is 0. The summed E-state index contributed by atoms with van der Waals surface area (Å²) in [5.41, 5.74) is -3.66. The van der Waals surface area contributed by atoms with Gasteiger partial charge in [-0.05, 0) is 63.3 Å². The molecule has 112 valence electrons. The Kier molecular flexibility index (Phi) is 5.21. The van der Waals surface area contributed by atoms with Crippen LogP contribution in [-0.4, -0.2) is 36.6 Å². The van der Waals surface area contributed by atoms with Crippen LogP contribution in [0.15, 0.2) is 29.2 Å². The van der Waals surface area contributed by atoms with Crippen molar-refractivity contribution in [2.75, 3.05) is 25.5 Å². The van der Waals surface area contributed by atoms with Crippen LogP contribution in [0.1, 0.15) is 19.3 Å². The molecule has 2 nitrogen and oxygen atoms in total. The Hall–Kier alpha value is -0.880. The van der Waals surface area contributed by atoms with E-state index in [1.54, 1.807) is 18.2 Å². The second kappa shape index (κ2) is 6.72. The van der Waals surface area contributed by atoms with Gasteiger partial charge in [-0.15, -0.1) is 0 Å². The largest absolute Gasteiger partial charge is 0.446 e. The second-order valence-electron chi connectivity index (χ2n) is 5.12. The zero-order valence-corrected chi connectivity index (χ0v) is 12.2. The van der Waals surface area contributed by atoms with Crippen LogP contribution in [0.2, 0.25) is 0 Å². The maximum Gasteiger partial charge on any atom is 0.446 e. The summed E-state index contributed by atoms with van der Waals surface area (Å²) in [6, 6.07) is 6.90. The Balaban J connectivity index is 2.05. The van der Waals surface area contributed by atoms with Gasteiger partial charge in [-0.3, -0.25) is 0 Å². The molecule has 1 saturated heterocycles. The number of rotatable bonds is 3. The molecule has 1 atom stereocenters. The van der Waals surface area contributed by atoms with Gasteiger partial charge in [-0.1, -0.05) is 12.1 Å². The molecule has 0 aromatic heterocycles. The van der Waals surface area contributed by atoms with Crippen molar-refractivity contribution >= 4 is 17.4 Å². The van der Waals surface area contributed by atoms with Gasteiger partial charge in [-0.2, -0.15) is 13.2 Å². The third-order valence-corrected chi connectivity index (χ3v) is 4.23. The third kappa shape index (κ3) is 4.90. The summed E-state index contributed by atoms with van der Waals surface area (Å²) < 4.78 is 37.6. The van der Waals surface area contributed by atoms with Crippen molar-refractivity contribution in [3.63, 3.8) is 0 Å². The van der Waals surface area contributed by atoms with E-state index >= 15 is 0 Å². The number of nitrogens with zero attached hydrogens (tertiary/aromatic N) is 1. The SMILES string of the molecule is CN1CCCC(Nc2ccccc2SC(F)(F)F)CC1. The summed E-state index contributed by atoms with van der Waals surface area (Å²) >= 11 is -0.0512. The molecule has 0 aliphatic carbocycles. The van der Waals surface area contributed by atoms with Crippen LogP contribution < -0.4 is 5.32 Å². The van der Waals surface area contributed by atoms with Crippen molar-refractivity contribution in [2.24, 2.45) is 0 Å². The fourth-order valence-electron chi connectivity index (χ4n) is 2.40. The van der Waals surface area contributed by atoms with Crippen molar-refractivity contribution in [2.45, 2.75) is 35.7 Å². The minimum atomic E-state index is -4.25. The van der Waals surface area contributed by atoms with E-state index in [0.717, 1.165) is 32.4 Å². The van der Waals surface area contributed by atoms with Gasteiger partial charge in [0, 0.05) is 16.6 Å². The van der Waals surface area contributed by atoms with Crippen LogP contribution in [0.25, 0.3) is 0 Å². The van der Waals surface area contributed by atoms with Gasteiger partial charge in [0.2, 0.25) is 0 Å². The summed E-state index contributed by atoms with van der Waals surface area (Å²) in [6.45, 7) is 2.03. The first-order valence-corrected chi connectivity index (χ1v) is 7.55. The van der Waals surface area contributed by atoms with E-state index in [0.29, 0.717) is 5.69 Å². The maximum atomic E-state index is 12.5. The van der Waals surface area contributed by atoms with E-state index in [4.69, 9.17) is 0 Å². The predicted molar refractivity (Wildman–Crippen MR) is 77.1 cm³/mol. The minimum absolute atomic E-state index is 0.0512. The van der Waals surface area contributed by atoms with Crippen molar-refractivity contribution in [1.29, 1.82) is 0 Å². The zero-order valence-electron chi connectivity index (χ0n) is 11.4. The molecule has 0 radical (unpaired) electrons. The highest BCUT2D eigenvalue weighted by molar-refractivity contribution is 8.00. The van der Waals surface area contributed by atoms with Crippen LogP contribution in [0.5, 0.6) is 0 Å². The summed E-state index contributed by atoms with van der Waals surface area (Å²) in [7, 11) is 2.08. The third-order valence-electron chi connectivity index (χ3n) is 3.42. The Labute approximate surface area is 121 Å². The fourth-order valence-corrected chi connectivity index (χ4v) is 3.04. The molecule has 6 heteroatoms. The Morgan fingerprint density at radius 1 is 1.20 bits per heavy atom. The lowest BCUT2D eigenvalue weighted by molar-refractivity contribution is -0.0327. The fraction of sp³-hybridized carbons (Fsp3) is 0.571. The zero-order chi connectivity index (χ0) is 14.6.